The molecule has 0 radical (unpaired) electrons. The van der Waals surface area contributed by atoms with Crippen LogP contribution in [0.5, 0.6) is 11.6 Å². The first-order valence-electron chi connectivity index (χ1n) is 7.80. The van der Waals surface area contributed by atoms with Gasteiger partial charge in [-0.1, -0.05) is 23.7 Å². The topological polar surface area (TPSA) is 69.0 Å². The molecule has 134 valence electrons. The molecule has 0 atom stereocenters. The van der Waals surface area contributed by atoms with Crippen molar-refractivity contribution in [1.29, 1.82) is 0 Å². The van der Waals surface area contributed by atoms with Crippen LogP contribution in [0.15, 0.2) is 42.6 Å². The van der Waals surface area contributed by atoms with Crippen molar-refractivity contribution < 1.29 is 13.9 Å². The minimum atomic E-state index is -0.407. The zero-order chi connectivity index (χ0) is 18.7. The SMILES string of the molecule is Cc1nn(C)c(Cl)c1C(=O)NCc1cccnc1Oc1cccc(F)c1. The molecule has 3 rings (SSSR count). The maximum Gasteiger partial charge on any atom is 0.256 e. The monoisotopic (exact) mass is 374 g/mol. The molecule has 0 saturated heterocycles. The highest BCUT2D eigenvalue weighted by Gasteiger charge is 2.19. The molecule has 0 saturated carbocycles. The van der Waals surface area contributed by atoms with Crippen molar-refractivity contribution >= 4 is 17.5 Å². The fourth-order valence-electron chi connectivity index (χ4n) is 2.44. The molecule has 8 heteroatoms. The van der Waals surface area contributed by atoms with Gasteiger partial charge in [0.1, 0.15) is 16.7 Å². The highest BCUT2D eigenvalue weighted by Crippen LogP contribution is 2.24. The van der Waals surface area contributed by atoms with Crippen molar-refractivity contribution in [3.8, 4) is 11.6 Å². The smallest absolute Gasteiger partial charge is 0.256 e. The van der Waals surface area contributed by atoms with Gasteiger partial charge in [-0.2, -0.15) is 5.10 Å². The number of carbonyl (C=O) groups is 1. The number of carbonyl (C=O) groups excluding carboxylic acids is 1. The Balaban J connectivity index is 1.75. The molecule has 0 aliphatic heterocycles. The molecule has 0 fully saturated rings. The van der Waals surface area contributed by atoms with Crippen LogP contribution in [0.25, 0.3) is 0 Å². The van der Waals surface area contributed by atoms with E-state index in [1.165, 1.54) is 16.8 Å². The molecule has 1 aromatic carbocycles. The summed E-state index contributed by atoms with van der Waals surface area (Å²) in [5.74, 6) is -0.147. The Hall–Kier alpha value is -2.93. The molecule has 3 aromatic rings. The van der Waals surface area contributed by atoms with Gasteiger partial charge in [-0.25, -0.2) is 9.37 Å². The summed E-state index contributed by atoms with van der Waals surface area (Å²) in [4.78, 5) is 16.6. The summed E-state index contributed by atoms with van der Waals surface area (Å²) in [7, 11) is 1.66. The van der Waals surface area contributed by atoms with E-state index in [4.69, 9.17) is 16.3 Å². The van der Waals surface area contributed by atoms with E-state index in [0.29, 0.717) is 22.6 Å². The van der Waals surface area contributed by atoms with Gasteiger partial charge in [0.05, 0.1) is 11.3 Å². The summed E-state index contributed by atoms with van der Waals surface area (Å²) in [6, 6.07) is 9.24. The molecular weight excluding hydrogens is 359 g/mol. The van der Waals surface area contributed by atoms with E-state index in [0.717, 1.165) is 0 Å². The van der Waals surface area contributed by atoms with Crippen molar-refractivity contribution in [3.05, 3.63) is 70.4 Å². The van der Waals surface area contributed by atoms with Crippen LogP contribution < -0.4 is 10.1 Å². The van der Waals surface area contributed by atoms with Crippen LogP contribution in [-0.4, -0.2) is 20.7 Å². The van der Waals surface area contributed by atoms with Crippen LogP contribution in [0, 0.1) is 12.7 Å². The molecule has 2 aromatic heterocycles. The zero-order valence-electron chi connectivity index (χ0n) is 14.2. The van der Waals surface area contributed by atoms with Crippen LogP contribution in [0.4, 0.5) is 4.39 Å². The van der Waals surface area contributed by atoms with E-state index in [-0.39, 0.29) is 23.5 Å². The summed E-state index contributed by atoms with van der Waals surface area (Å²) >= 11 is 6.11. The molecule has 0 spiro atoms. The van der Waals surface area contributed by atoms with Gasteiger partial charge in [0.25, 0.3) is 5.91 Å². The second-order valence-corrected chi connectivity index (χ2v) is 5.94. The van der Waals surface area contributed by atoms with Gasteiger partial charge >= 0.3 is 0 Å². The van der Waals surface area contributed by atoms with Crippen LogP contribution in [0.3, 0.4) is 0 Å². The Morgan fingerprint density at radius 3 is 2.85 bits per heavy atom. The predicted octanol–water partition coefficient (Wildman–Crippen LogP) is 3.64. The van der Waals surface area contributed by atoms with Gasteiger partial charge < -0.3 is 10.1 Å². The van der Waals surface area contributed by atoms with Gasteiger partial charge in [-0.05, 0) is 25.1 Å². The number of halogens is 2. The number of amides is 1. The number of hydrogen-bond donors (Lipinski definition) is 1. The van der Waals surface area contributed by atoms with Crippen molar-refractivity contribution in [2.75, 3.05) is 0 Å². The summed E-state index contributed by atoms with van der Waals surface area (Å²) in [6.45, 7) is 1.88. The third kappa shape index (κ3) is 3.83. The largest absolute Gasteiger partial charge is 0.439 e. The minimum absolute atomic E-state index is 0.169. The number of ether oxygens (including phenoxy) is 1. The lowest BCUT2D eigenvalue weighted by Crippen LogP contribution is -2.24. The van der Waals surface area contributed by atoms with Gasteiger partial charge in [0.2, 0.25) is 5.88 Å². The third-order valence-electron chi connectivity index (χ3n) is 3.68. The molecule has 0 bridgehead atoms. The molecule has 0 unspecified atom stereocenters. The van der Waals surface area contributed by atoms with Crippen molar-refractivity contribution in [3.63, 3.8) is 0 Å². The Morgan fingerprint density at radius 1 is 1.35 bits per heavy atom. The number of aryl methyl sites for hydroxylation is 2. The summed E-state index contributed by atoms with van der Waals surface area (Å²) in [5.41, 5.74) is 1.51. The van der Waals surface area contributed by atoms with E-state index in [1.54, 1.807) is 44.4 Å². The van der Waals surface area contributed by atoms with Crippen LogP contribution in [0.2, 0.25) is 5.15 Å². The summed E-state index contributed by atoms with van der Waals surface area (Å²) in [6.07, 6.45) is 1.56. The molecule has 0 aliphatic rings. The highest BCUT2D eigenvalue weighted by atomic mass is 35.5. The Kier molecular flexibility index (Phi) is 5.18. The molecular formula is C18H16ClFN4O2. The van der Waals surface area contributed by atoms with Crippen LogP contribution in [0.1, 0.15) is 21.6 Å². The zero-order valence-corrected chi connectivity index (χ0v) is 14.9. The first-order chi connectivity index (χ1) is 12.5. The number of aromatic nitrogens is 3. The van der Waals surface area contributed by atoms with Crippen molar-refractivity contribution in [2.24, 2.45) is 7.05 Å². The number of benzene rings is 1. The molecule has 26 heavy (non-hydrogen) atoms. The fraction of sp³-hybridized carbons (Fsp3) is 0.167. The quantitative estimate of drug-likeness (QED) is 0.740. The first kappa shape index (κ1) is 17.9. The van der Waals surface area contributed by atoms with E-state index in [9.17, 15) is 9.18 Å². The Bertz CT molecular complexity index is 958. The Morgan fingerprint density at radius 2 is 2.15 bits per heavy atom. The standard InChI is InChI=1S/C18H16ClFN4O2/c1-11-15(16(19)24(2)23-11)17(25)22-10-12-5-4-8-21-18(12)26-14-7-3-6-13(20)9-14/h3-9H,10H2,1-2H3,(H,22,25). The lowest BCUT2D eigenvalue weighted by atomic mass is 10.2. The second-order valence-electron chi connectivity index (χ2n) is 5.58. The van der Waals surface area contributed by atoms with Crippen LogP contribution >= 0.6 is 11.6 Å². The number of hydrogen-bond acceptors (Lipinski definition) is 4. The van der Waals surface area contributed by atoms with E-state index >= 15 is 0 Å². The molecule has 0 aliphatic carbocycles. The summed E-state index contributed by atoms with van der Waals surface area (Å²) in [5, 5.41) is 7.16. The van der Waals surface area contributed by atoms with Gasteiger partial charge in [-0.15, -0.1) is 0 Å². The molecule has 2 heterocycles. The lowest BCUT2D eigenvalue weighted by Gasteiger charge is -2.11. The average molecular weight is 375 g/mol. The van der Waals surface area contributed by atoms with Gasteiger partial charge in [0.15, 0.2) is 0 Å². The second kappa shape index (κ2) is 7.53. The average Bonchev–Trinajstić information content (AvgIpc) is 2.86. The van der Waals surface area contributed by atoms with Crippen molar-refractivity contribution in [2.45, 2.75) is 13.5 Å². The number of nitrogens with one attached hydrogen (secondary N) is 1. The highest BCUT2D eigenvalue weighted by molar-refractivity contribution is 6.33. The normalized spacial score (nSPS) is 10.6. The predicted molar refractivity (Wildman–Crippen MR) is 94.8 cm³/mol. The van der Waals surface area contributed by atoms with E-state index < -0.39 is 5.82 Å². The minimum Gasteiger partial charge on any atom is -0.439 e. The molecule has 6 nitrogen and oxygen atoms in total. The lowest BCUT2D eigenvalue weighted by molar-refractivity contribution is 0.0950. The van der Waals surface area contributed by atoms with Crippen molar-refractivity contribution in [1.82, 2.24) is 20.1 Å². The number of nitrogens with zero attached hydrogens (tertiary/aromatic N) is 3. The third-order valence-corrected chi connectivity index (χ3v) is 4.11. The molecule has 1 N–H and O–H groups in total. The molecule has 1 amide bonds. The van der Waals surface area contributed by atoms with Gasteiger partial charge in [0, 0.05) is 31.4 Å². The number of pyridine rings is 1. The van der Waals surface area contributed by atoms with Crippen LogP contribution in [-0.2, 0) is 13.6 Å². The van der Waals surface area contributed by atoms with E-state index in [2.05, 4.69) is 15.4 Å². The first-order valence-corrected chi connectivity index (χ1v) is 8.18. The number of rotatable bonds is 5. The van der Waals surface area contributed by atoms with Gasteiger partial charge in [-0.3, -0.25) is 9.48 Å². The Labute approximate surface area is 154 Å². The maximum absolute atomic E-state index is 13.3. The maximum atomic E-state index is 13.3. The van der Waals surface area contributed by atoms with E-state index in [1.807, 2.05) is 0 Å². The summed E-state index contributed by atoms with van der Waals surface area (Å²) < 4.78 is 20.4. The fourth-order valence-corrected chi connectivity index (χ4v) is 2.70.